The number of aliphatic hydroxyl groups is 1. The summed E-state index contributed by atoms with van der Waals surface area (Å²) in [6, 6.07) is 1.49. The molecule has 1 atom stereocenters. The van der Waals surface area contributed by atoms with Gasteiger partial charge in [-0.3, -0.25) is 9.69 Å². The average Bonchev–Trinajstić information content (AvgIpc) is 2.46. The van der Waals surface area contributed by atoms with E-state index in [1.165, 1.54) is 12.3 Å². The second-order valence-corrected chi connectivity index (χ2v) is 6.00. The molecule has 0 fully saturated rings. The van der Waals surface area contributed by atoms with Crippen LogP contribution in [0.4, 0.5) is 0 Å². The van der Waals surface area contributed by atoms with Gasteiger partial charge in [0.25, 0.3) is 0 Å². The van der Waals surface area contributed by atoms with E-state index >= 15 is 0 Å². The van der Waals surface area contributed by atoms with Gasteiger partial charge in [-0.25, -0.2) is 0 Å². The van der Waals surface area contributed by atoms with Crippen LogP contribution in [0.25, 0.3) is 0 Å². The summed E-state index contributed by atoms with van der Waals surface area (Å²) in [6.07, 6.45) is 5.44. The second-order valence-electron chi connectivity index (χ2n) is 6.00. The van der Waals surface area contributed by atoms with E-state index in [-0.39, 0.29) is 11.2 Å². The molecule has 0 saturated carbocycles. The van der Waals surface area contributed by atoms with E-state index in [1.54, 1.807) is 11.5 Å². The minimum atomic E-state index is -0.527. The van der Waals surface area contributed by atoms with Crippen molar-refractivity contribution in [1.29, 1.82) is 0 Å². The van der Waals surface area contributed by atoms with Gasteiger partial charge in [-0.2, -0.15) is 0 Å². The maximum absolute atomic E-state index is 11.7. The molecule has 126 valence electrons. The number of rotatable bonds is 10. The van der Waals surface area contributed by atoms with Crippen LogP contribution in [0.3, 0.4) is 0 Å². The van der Waals surface area contributed by atoms with Crippen molar-refractivity contribution < 1.29 is 10.2 Å². The van der Waals surface area contributed by atoms with Gasteiger partial charge >= 0.3 is 0 Å². The van der Waals surface area contributed by atoms with Gasteiger partial charge in [0.2, 0.25) is 5.43 Å². The number of nitrogens with zero attached hydrogens (tertiary/aromatic N) is 2. The van der Waals surface area contributed by atoms with Crippen LogP contribution >= 0.6 is 0 Å². The summed E-state index contributed by atoms with van der Waals surface area (Å²) < 4.78 is 1.78. The third kappa shape index (κ3) is 6.20. The lowest BCUT2D eigenvalue weighted by Crippen LogP contribution is -2.29. The van der Waals surface area contributed by atoms with E-state index in [0.29, 0.717) is 13.1 Å². The van der Waals surface area contributed by atoms with Crippen LogP contribution in [-0.4, -0.2) is 38.9 Å². The Morgan fingerprint density at radius 1 is 1.23 bits per heavy atom. The zero-order chi connectivity index (χ0) is 16.5. The van der Waals surface area contributed by atoms with Crippen molar-refractivity contribution in [1.82, 2.24) is 9.47 Å². The van der Waals surface area contributed by atoms with Gasteiger partial charge < -0.3 is 14.8 Å². The molecule has 0 aliphatic carbocycles. The monoisotopic (exact) mass is 310 g/mol. The second kappa shape index (κ2) is 9.64. The first kappa shape index (κ1) is 18.7. The Hall–Kier alpha value is -1.33. The van der Waals surface area contributed by atoms with Gasteiger partial charge in [0.15, 0.2) is 5.75 Å². The fraction of sp³-hybridized carbons (Fsp3) is 0.706. The molecule has 0 radical (unpaired) electrons. The zero-order valence-electron chi connectivity index (χ0n) is 14.1. The SMILES string of the molecule is CCCCN(CCCC)Cc1cc(=O)c(O)cn1CC(C)O. The number of pyridine rings is 1. The summed E-state index contributed by atoms with van der Waals surface area (Å²) in [5.74, 6) is -0.266. The molecular weight excluding hydrogens is 280 g/mol. The Balaban J connectivity index is 2.94. The van der Waals surface area contributed by atoms with Crippen LogP contribution in [0.1, 0.15) is 52.1 Å². The normalized spacial score (nSPS) is 12.8. The van der Waals surface area contributed by atoms with Crippen molar-refractivity contribution in [2.75, 3.05) is 13.1 Å². The number of hydrogen-bond donors (Lipinski definition) is 2. The summed E-state index contributed by atoms with van der Waals surface area (Å²) in [5.41, 5.74) is 0.485. The lowest BCUT2D eigenvalue weighted by atomic mass is 10.2. The topological polar surface area (TPSA) is 65.7 Å². The van der Waals surface area contributed by atoms with Crippen molar-refractivity contribution in [3.63, 3.8) is 0 Å². The average molecular weight is 310 g/mol. The Morgan fingerprint density at radius 3 is 2.32 bits per heavy atom. The van der Waals surface area contributed by atoms with Crippen LogP contribution < -0.4 is 5.43 Å². The van der Waals surface area contributed by atoms with E-state index in [0.717, 1.165) is 44.5 Å². The fourth-order valence-electron chi connectivity index (χ4n) is 2.46. The number of aliphatic hydroxyl groups excluding tert-OH is 1. The highest BCUT2D eigenvalue weighted by Crippen LogP contribution is 2.11. The molecule has 0 aliphatic rings. The number of unbranched alkanes of at least 4 members (excludes halogenated alkanes) is 2. The quantitative estimate of drug-likeness (QED) is 0.696. The third-order valence-electron chi connectivity index (χ3n) is 3.70. The summed E-state index contributed by atoms with van der Waals surface area (Å²) in [6.45, 7) is 9.08. The third-order valence-corrected chi connectivity index (χ3v) is 3.70. The summed E-state index contributed by atoms with van der Waals surface area (Å²) >= 11 is 0. The van der Waals surface area contributed by atoms with Crippen LogP contribution in [-0.2, 0) is 13.1 Å². The molecule has 1 aromatic heterocycles. The van der Waals surface area contributed by atoms with Gasteiger partial charge in [0.05, 0.1) is 12.3 Å². The largest absolute Gasteiger partial charge is 0.503 e. The minimum absolute atomic E-state index is 0.266. The number of aromatic nitrogens is 1. The first-order valence-corrected chi connectivity index (χ1v) is 8.30. The molecular formula is C17H30N2O3. The van der Waals surface area contributed by atoms with Crippen molar-refractivity contribution in [3.05, 3.63) is 28.2 Å². The molecule has 1 aromatic rings. The van der Waals surface area contributed by atoms with Gasteiger partial charge in [-0.05, 0) is 32.9 Å². The molecule has 0 aromatic carbocycles. The molecule has 2 N–H and O–H groups in total. The fourth-order valence-corrected chi connectivity index (χ4v) is 2.46. The first-order chi connectivity index (χ1) is 10.5. The summed E-state index contributed by atoms with van der Waals surface area (Å²) in [7, 11) is 0. The predicted octanol–water partition coefficient (Wildman–Crippen LogP) is 2.34. The van der Waals surface area contributed by atoms with Crippen LogP contribution in [0, 0.1) is 0 Å². The van der Waals surface area contributed by atoms with E-state index in [1.807, 2.05) is 0 Å². The van der Waals surface area contributed by atoms with E-state index < -0.39 is 6.10 Å². The molecule has 0 bridgehead atoms. The van der Waals surface area contributed by atoms with Gasteiger partial charge in [-0.1, -0.05) is 26.7 Å². The lowest BCUT2D eigenvalue weighted by molar-refractivity contribution is 0.168. The highest BCUT2D eigenvalue weighted by molar-refractivity contribution is 5.20. The smallest absolute Gasteiger partial charge is 0.223 e. The van der Waals surface area contributed by atoms with Crippen LogP contribution in [0.5, 0.6) is 5.75 Å². The van der Waals surface area contributed by atoms with Crippen LogP contribution in [0.2, 0.25) is 0 Å². The van der Waals surface area contributed by atoms with E-state index in [9.17, 15) is 15.0 Å². The van der Waals surface area contributed by atoms with Crippen molar-refractivity contribution in [3.8, 4) is 5.75 Å². The standard InChI is InChI=1S/C17H30N2O3/c1-4-6-8-18(9-7-5-2)12-15-10-16(21)17(22)13-19(15)11-14(3)20/h10,13-14,20,22H,4-9,11-12H2,1-3H3. The number of aromatic hydroxyl groups is 1. The molecule has 0 amide bonds. The molecule has 22 heavy (non-hydrogen) atoms. The maximum atomic E-state index is 11.7. The Kier molecular flexibility index (Phi) is 8.20. The maximum Gasteiger partial charge on any atom is 0.223 e. The van der Waals surface area contributed by atoms with Crippen molar-refractivity contribution in [2.24, 2.45) is 0 Å². The predicted molar refractivity (Wildman–Crippen MR) is 89.1 cm³/mol. The molecule has 1 heterocycles. The van der Waals surface area contributed by atoms with E-state index in [4.69, 9.17) is 0 Å². The number of hydrogen-bond acceptors (Lipinski definition) is 4. The van der Waals surface area contributed by atoms with Gasteiger partial charge in [0, 0.05) is 24.8 Å². The van der Waals surface area contributed by atoms with Gasteiger partial charge in [-0.15, -0.1) is 0 Å². The Bertz CT molecular complexity index is 489. The highest BCUT2D eigenvalue weighted by atomic mass is 16.3. The Labute approximate surface area is 133 Å². The molecule has 1 rings (SSSR count). The van der Waals surface area contributed by atoms with Crippen LogP contribution in [0.15, 0.2) is 17.1 Å². The molecule has 5 nitrogen and oxygen atoms in total. The zero-order valence-corrected chi connectivity index (χ0v) is 14.1. The lowest BCUT2D eigenvalue weighted by Gasteiger charge is -2.24. The van der Waals surface area contributed by atoms with E-state index in [2.05, 4.69) is 18.7 Å². The minimum Gasteiger partial charge on any atom is -0.503 e. The molecule has 0 saturated heterocycles. The van der Waals surface area contributed by atoms with Crippen molar-refractivity contribution >= 4 is 0 Å². The summed E-state index contributed by atoms with van der Waals surface area (Å²) in [5, 5.41) is 19.2. The van der Waals surface area contributed by atoms with Gasteiger partial charge in [0.1, 0.15) is 0 Å². The summed E-state index contributed by atoms with van der Waals surface area (Å²) in [4.78, 5) is 14.1. The molecule has 5 heteroatoms. The Morgan fingerprint density at radius 2 is 1.82 bits per heavy atom. The molecule has 0 aliphatic heterocycles. The molecule has 1 unspecified atom stereocenters. The molecule has 0 spiro atoms. The van der Waals surface area contributed by atoms with Crippen molar-refractivity contribution in [2.45, 2.75) is 65.6 Å². The highest BCUT2D eigenvalue weighted by Gasteiger charge is 2.12. The first-order valence-electron chi connectivity index (χ1n) is 8.30.